The molecule has 0 aliphatic carbocycles. The molecule has 3 rings (SSSR count). The Morgan fingerprint density at radius 2 is 2.00 bits per heavy atom. The highest BCUT2D eigenvalue weighted by Crippen LogP contribution is 2.29. The van der Waals surface area contributed by atoms with Crippen molar-refractivity contribution in [3.63, 3.8) is 0 Å². The van der Waals surface area contributed by atoms with Crippen molar-refractivity contribution in [3.8, 4) is 5.75 Å². The van der Waals surface area contributed by atoms with Gasteiger partial charge in [-0.15, -0.1) is 0 Å². The van der Waals surface area contributed by atoms with Gasteiger partial charge in [0, 0.05) is 36.4 Å². The van der Waals surface area contributed by atoms with Gasteiger partial charge < -0.3 is 24.9 Å². The largest absolute Gasteiger partial charge is 0.387 e. The lowest BCUT2D eigenvalue weighted by Crippen LogP contribution is -2.32. The quantitative estimate of drug-likeness (QED) is 0.258. The molecule has 0 saturated carbocycles. The van der Waals surface area contributed by atoms with Crippen LogP contribution in [0.3, 0.4) is 0 Å². The molecule has 4 N–H and O–H groups in total. The summed E-state index contributed by atoms with van der Waals surface area (Å²) in [6.07, 6.45) is 2.96. The Morgan fingerprint density at radius 1 is 1.25 bits per heavy atom. The van der Waals surface area contributed by atoms with Gasteiger partial charge in [0.1, 0.15) is 0 Å². The number of aromatic amines is 1. The van der Waals surface area contributed by atoms with E-state index in [2.05, 4.69) is 22.2 Å². The van der Waals surface area contributed by atoms with Crippen molar-refractivity contribution in [2.24, 2.45) is 0 Å². The summed E-state index contributed by atoms with van der Waals surface area (Å²) in [7, 11) is -3.61. The summed E-state index contributed by atoms with van der Waals surface area (Å²) in [6.45, 7) is 9.00. The number of fused-ring (bicyclic) bond motifs is 1. The molecule has 0 fully saturated rings. The van der Waals surface area contributed by atoms with Crippen LogP contribution in [0.2, 0.25) is 0 Å². The summed E-state index contributed by atoms with van der Waals surface area (Å²) in [4.78, 5) is 3.12. The summed E-state index contributed by atoms with van der Waals surface area (Å²) < 4.78 is 28.1. The van der Waals surface area contributed by atoms with Crippen molar-refractivity contribution < 1.29 is 17.7 Å². The third kappa shape index (κ3) is 6.59. The summed E-state index contributed by atoms with van der Waals surface area (Å²) in [5.41, 5.74) is 4.52. The van der Waals surface area contributed by atoms with Gasteiger partial charge in [-0.2, -0.15) is 8.42 Å². The van der Waals surface area contributed by atoms with Gasteiger partial charge in [0.2, 0.25) is 0 Å². The summed E-state index contributed by atoms with van der Waals surface area (Å²) in [6, 6.07) is 13.2. The number of aromatic nitrogens is 1. The van der Waals surface area contributed by atoms with E-state index >= 15 is 0 Å². The number of nitrogens with one attached hydrogen (secondary N) is 3. The fourth-order valence-corrected chi connectivity index (χ4v) is 3.99. The van der Waals surface area contributed by atoms with E-state index in [9.17, 15) is 13.5 Å². The molecule has 0 aliphatic rings. The third-order valence-corrected chi connectivity index (χ3v) is 5.54. The van der Waals surface area contributed by atoms with Crippen LogP contribution in [0, 0.1) is 0 Å². The van der Waals surface area contributed by atoms with Crippen LogP contribution in [-0.2, 0) is 16.5 Å². The number of hydrogen-bond donors (Lipinski definition) is 4. The number of aliphatic hydroxyl groups is 1. The minimum atomic E-state index is -3.61. The Kier molecular flexibility index (Phi) is 7.60. The van der Waals surface area contributed by atoms with Gasteiger partial charge in [-0.05, 0) is 49.6 Å². The van der Waals surface area contributed by atoms with Gasteiger partial charge in [0.25, 0.3) is 0 Å². The highest BCUT2D eigenvalue weighted by Gasteiger charge is 2.15. The average molecular weight is 458 g/mol. The zero-order valence-electron chi connectivity index (χ0n) is 18.7. The first-order valence-electron chi connectivity index (χ1n) is 10.5. The van der Waals surface area contributed by atoms with Crippen LogP contribution in [0.15, 0.2) is 60.8 Å². The Balaban J connectivity index is 1.61. The van der Waals surface area contributed by atoms with E-state index in [1.54, 1.807) is 12.1 Å². The smallest absolute Gasteiger partial charge is 0.306 e. The van der Waals surface area contributed by atoms with E-state index in [1.165, 1.54) is 0 Å². The van der Waals surface area contributed by atoms with Crippen molar-refractivity contribution in [2.75, 3.05) is 24.7 Å². The molecular weight excluding hydrogens is 426 g/mol. The number of aliphatic hydroxyl groups excluding tert-OH is 1. The second kappa shape index (κ2) is 10.2. The lowest BCUT2D eigenvalue weighted by atomic mass is 10.0. The monoisotopic (exact) mass is 457 g/mol. The lowest BCUT2D eigenvalue weighted by molar-refractivity contribution is 0.170. The van der Waals surface area contributed by atoms with E-state index in [0.29, 0.717) is 25.0 Å². The van der Waals surface area contributed by atoms with Crippen molar-refractivity contribution in [1.29, 1.82) is 0 Å². The molecule has 0 amide bonds. The van der Waals surface area contributed by atoms with Gasteiger partial charge in [0.05, 0.1) is 17.9 Å². The van der Waals surface area contributed by atoms with Crippen LogP contribution in [-0.4, -0.2) is 43.9 Å². The van der Waals surface area contributed by atoms with Gasteiger partial charge in [-0.3, -0.25) is 0 Å². The van der Waals surface area contributed by atoms with Gasteiger partial charge >= 0.3 is 10.1 Å². The highest BCUT2D eigenvalue weighted by molar-refractivity contribution is 7.86. The molecule has 0 saturated heterocycles. The number of rotatable bonds is 11. The maximum atomic E-state index is 11.5. The number of anilines is 1. The van der Waals surface area contributed by atoms with Crippen LogP contribution in [0.5, 0.6) is 5.75 Å². The van der Waals surface area contributed by atoms with Gasteiger partial charge in [-0.25, -0.2) is 0 Å². The van der Waals surface area contributed by atoms with Crippen LogP contribution in [0.1, 0.15) is 31.1 Å². The molecule has 0 bridgehead atoms. The first-order chi connectivity index (χ1) is 15.1. The number of para-hydroxylation sites is 1. The van der Waals surface area contributed by atoms with Crippen molar-refractivity contribution in [3.05, 3.63) is 71.9 Å². The van der Waals surface area contributed by atoms with Gasteiger partial charge in [0.15, 0.2) is 5.75 Å². The Morgan fingerprint density at radius 3 is 2.72 bits per heavy atom. The normalized spacial score (nSPS) is 13.6. The predicted octanol–water partition coefficient (Wildman–Crippen LogP) is 3.75. The van der Waals surface area contributed by atoms with E-state index < -0.39 is 16.2 Å². The number of hydrogen-bond acceptors (Lipinski definition) is 6. The second-order valence-electron chi connectivity index (χ2n) is 8.25. The summed E-state index contributed by atoms with van der Waals surface area (Å²) >= 11 is 0. The maximum Gasteiger partial charge on any atom is 0.306 e. The molecule has 7 nitrogen and oxygen atoms in total. The Bertz CT molecular complexity index is 1190. The topological polar surface area (TPSA) is 103 Å². The highest BCUT2D eigenvalue weighted by atomic mass is 32.2. The number of H-pyrrole nitrogens is 1. The van der Waals surface area contributed by atoms with Crippen LogP contribution >= 0.6 is 0 Å². The van der Waals surface area contributed by atoms with Crippen LogP contribution in [0.25, 0.3) is 10.9 Å². The minimum Gasteiger partial charge on any atom is -0.387 e. The standard InChI is InChI=1S/C24H31N3O4S/c1-16(2)13-26-20-8-5-7-18(12-20)22(28)15-25-17(3)11-19-14-27-24-21(19)9-6-10-23(24)31-32(4,29)30/h5-10,12,14,17,22,25-28H,1,11,13,15H2,2-4H3/t17-,22+/m1/s1. The molecule has 2 aromatic carbocycles. The molecule has 2 atom stereocenters. The fourth-order valence-electron chi connectivity index (χ4n) is 3.53. The molecule has 172 valence electrons. The minimum absolute atomic E-state index is 0.0906. The molecule has 1 aromatic heterocycles. The van der Waals surface area contributed by atoms with Gasteiger partial charge in [-0.1, -0.05) is 36.4 Å². The fraction of sp³-hybridized carbons (Fsp3) is 0.333. The molecule has 0 unspecified atom stereocenters. The average Bonchev–Trinajstić information content (AvgIpc) is 3.13. The van der Waals surface area contributed by atoms with E-state index in [-0.39, 0.29) is 11.8 Å². The maximum absolute atomic E-state index is 11.5. The van der Waals surface area contributed by atoms with Crippen LogP contribution < -0.4 is 14.8 Å². The predicted molar refractivity (Wildman–Crippen MR) is 130 cm³/mol. The first kappa shape index (κ1) is 23.8. The zero-order valence-corrected chi connectivity index (χ0v) is 19.5. The third-order valence-electron chi connectivity index (χ3n) is 5.06. The summed E-state index contributed by atoms with van der Waals surface area (Å²) in [5, 5.41) is 18.2. The van der Waals surface area contributed by atoms with Crippen LogP contribution in [0.4, 0.5) is 5.69 Å². The molecule has 0 aliphatic heterocycles. The molecule has 3 aromatic rings. The molecule has 8 heteroatoms. The van der Waals surface area contributed by atoms with E-state index in [1.807, 2.05) is 50.4 Å². The van der Waals surface area contributed by atoms with Crippen molar-refractivity contribution in [2.45, 2.75) is 32.4 Å². The lowest BCUT2D eigenvalue weighted by Gasteiger charge is -2.18. The summed E-state index contributed by atoms with van der Waals surface area (Å²) in [5.74, 6) is 0.285. The van der Waals surface area contributed by atoms with Crippen molar-refractivity contribution in [1.82, 2.24) is 10.3 Å². The molecule has 0 spiro atoms. The van der Waals surface area contributed by atoms with E-state index in [4.69, 9.17) is 4.18 Å². The molecule has 32 heavy (non-hydrogen) atoms. The molecular formula is C24H31N3O4S. The first-order valence-corrected chi connectivity index (χ1v) is 12.3. The Labute approximate surface area is 189 Å². The zero-order chi connectivity index (χ0) is 23.3. The SMILES string of the molecule is C=C(C)CNc1cccc([C@@H](O)CN[C@H](C)Cc2c[nH]c3c(OS(C)(=O)=O)cccc23)c1. The number of benzene rings is 2. The second-order valence-corrected chi connectivity index (χ2v) is 9.82. The molecule has 1 heterocycles. The molecule has 0 radical (unpaired) electrons. The van der Waals surface area contributed by atoms with Crippen molar-refractivity contribution >= 4 is 26.7 Å². The Hall–Kier alpha value is -2.81. The van der Waals surface area contributed by atoms with E-state index in [0.717, 1.165) is 34.0 Å².